The molecule has 0 aliphatic rings. The highest BCUT2D eigenvalue weighted by atomic mass is 32.1. The third kappa shape index (κ3) is 2.80. The minimum atomic E-state index is -0.293. The summed E-state index contributed by atoms with van der Waals surface area (Å²) in [5, 5.41) is 10.0. The van der Waals surface area contributed by atoms with Crippen molar-refractivity contribution in [3.05, 3.63) is 58.6 Å². The van der Waals surface area contributed by atoms with E-state index in [0.717, 1.165) is 27.9 Å². The summed E-state index contributed by atoms with van der Waals surface area (Å²) in [5.74, 6) is -0.293. The molecular formula is C15H12N4OS. The second-order valence-corrected chi connectivity index (χ2v) is 5.21. The van der Waals surface area contributed by atoms with Crippen molar-refractivity contribution >= 4 is 34.4 Å². The minimum absolute atomic E-state index is 0.293. The Morgan fingerprint density at radius 2 is 2.05 bits per heavy atom. The molecule has 3 rings (SSSR count). The van der Waals surface area contributed by atoms with Crippen LogP contribution in [-0.2, 0) is 0 Å². The van der Waals surface area contributed by atoms with Crippen molar-refractivity contribution in [2.24, 2.45) is 5.10 Å². The van der Waals surface area contributed by atoms with Crippen LogP contribution in [0.5, 0.6) is 0 Å². The lowest BCUT2D eigenvalue weighted by molar-refractivity contribution is 0.0958. The summed E-state index contributed by atoms with van der Waals surface area (Å²) in [6.45, 7) is 1.74. The number of hydrogen-bond acceptors (Lipinski definition) is 5. The summed E-state index contributed by atoms with van der Waals surface area (Å²) in [6.07, 6.45) is 1.64. The average molecular weight is 296 g/mol. The Bertz CT molecular complexity index is 820. The molecule has 1 N–H and O–H groups in total. The molecule has 0 unspecified atom stereocenters. The smallest absolute Gasteiger partial charge is 0.266 e. The number of hydrogen-bond donors (Lipinski definition) is 1. The van der Waals surface area contributed by atoms with Crippen LogP contribution >= 0.6 is 11.5 Å². The highest BCUT2D eigenvalue weighted by molar-refractivity contribution is 7.07. The second-order valence-electron chi connectivity index (χ2n) is 4.45. The molecule has 0 saturated carbocycles. The topological polar surface area (TPSA) is 67.2 Å². The summed E-state index contributed by atoms with van der Waals surface area (Å²) in [7, 11) is 0. The van der Waals surface area contributed by atoms with Gasteiger partial charge in [0.1, 0.15) is 4.88 Å². The van der Waals surface area contributed by atoms with Gasteiger partial charge < -0.3 is 0 Å². The van der Waals surface area contributed by atoms with Gasteiger partial charge in [-0.1, -0.05) is 47.0 Å². The number of nitrogens with zero attached hydrogens (tertiary/aromatic N) is 3. The Balaban J connectivity index is 1.80. The van der Waals surface area contributed by atoms with Crippen molar-refractivity contribution in [3.8, 4) is 0 Å². The Labute approximate surface area is 125 Å². The van der Waals surface area contributed by atoms with Crippen LogP contribution in [-0.4, -0.2) is 21.7 Å². The van der Waals surface area contributed by atoms with Crippen LogP contribution in [0.25, 0.3) is 10.8 Å². The molecule has 21 heavy (non-hydrogen) atoms. The first-order valence-electron chi connectivity index (χ1n) is 6.36. The number of amides is 1. The van der Waals surface area contributed by atoms with Gasteiger partial charge in [-0.3, -0.25) is 4.79 Å². The van der Waals surface area contributed by atoms with Crippen molar-refractivity contribution in [2.75, 3.05) is 0 Å². The summed E-state index contributed by atoms with van der Waals surface area (Å²) >= 11 is 1.06. The van der Waals surface area contributed by atoms with E-state index in [1.54, 1.807) is 13.1 Å². The number of carbonyl (C=O) groups excluding carboxylic acids is 1. The zero-order chi connectivity index (χ0) is 14.7. The maximum atomic E-state index is 11.9. The molecule has 0 aliphatic heterocycles. The predicted octanol–water partition coefficient (Wildman–Crippen LogP) is 2.76. The fraction of sp³-hybridized carbons (Fsp3) is 0.0667. The number of fused-ring (bicyclic) bond motifs is 1. The normalized spacial score (nSPS) is 11.1. The monoisotopic (exact) mass is 296 g/mol. The van der Waals surface area contributed by atoms with Crippen molar-refractivity contribution < 1.29 is 4.79 Å². The molecule has 0 atom stereocenters. The van der Waals surface area contributed by atoms with Crippen LogP contribution in [0.3, 0.4) is 0 Å². The number of hydrazone groups is 1. The van der Waals surface area contributed by atoms with E-state index >= 15 is 0 Å². The largest absolute Gasteiger partial charge is 0.285 e. The van der Waals surface area contributed by atoms with E-state index in [0.29, 0.717) is 10.6 Å². The summed E-state index contributed by atoms with van der Waals surface area (Å²) in [6, 6.07) is 14.0. The molecule has 2 aromatic carbocycles. The van der Waals surface area contributed by atoms with E-state index in [9.17, 15) is 4.79 Å². The third-order valence-corrected chi connectivity index (χ3v) is 3.88. The van der Waals surface area contributed by atoms with E-state index in [1.165, 1.54) is 0 Å². The molecular weight excluding hydrogens is 284 g/mol. The number of nitrogens with one attached hydrogen (secondary N) is 1. The maximum absolute atomic E-state index is 11.9. The fourth-order valence-electron chi connectivity index (χ4n) is 2.01. The molecule has 0 saturated heterocycles. The molecule has 1 aromatic heterocycles. The maximum Gasteiger partial charge on any atom is 0.285 e. The van der Waals surface area contributed by atoms with E-state index in [4.69, 9.17) is 0 Å². The van der Waals surface area contributed by atoms with Crippen molar-refractivity contribution in [1.29, 1.82) is 0 Å². The van der Waals surface area contributed by atoms with Crippen LogP contribution in [0.2, 0.25) is 0 Å². The first kappa shape index (κ1) is 13.4. The van der Waals surface area contributed by atoms with E-state index in [-0.39, 0.29) is 5.91 Å². The first-order chi connectivity index (χ1) is 10.3. The number of aryl methyl sites for hydroxylation is 1. The van der Waals surface area contributed by atoms with Crippen LogP contribution in [0.1, 0.15) is 20.9 Å². The van der Waals surface area contributed by atoms with Gasteiger partial charge in [0.25, 0.3) is 5.91 Å². The first-order valence-corrected chi connectivity index (χ1v) is 7.13. The quantitative estimate of drug-likeness (QED) is 0.597. The van der Waals surface area contributed by atoms with Crippen LogP contribution in [0.4, 0.5) is 0 Å². The fourth-order valence-corrected chi connectivity index (χ4v) is 2.56. The van der Waals surface area contributed by atoms with Crippen LogP contribution in [0.15, 0.2) is 47.6 Å². The second kappa shape index (κ2) is 5.80. The zero-order valence-electron chi connectivity index (χ0n) is 11.3. The molecule has 1 amide bonds. The minimum Gasteiger partial charge on any atom is -0.266 e. The van der Waals surface area contributed by atoms with Crippen LogP contribution < -0.4 is 5.43 Å². The average Bonchev–Trinajstić information content (AvgIpc) is 2.93. The van der Waals surface area contributed by atoms with Crippen molar-refractivity contribution in [1.82, 2.24) is 15.0 Å². The van der Waals surface area contributed by atoms with Gasteiger partial charge in [0.15, 0.2) is 0 Å². The number of rotatable bonds is 3. The molecule has 5 nitrogen and oxygen atoms in total. The Morgan fingerprint density at radius 3 is 2.86 bits per heavy atom. The van der Waals surface area contributed by atoms with Gasteiger partial charge in [0, 0.05) is 5.56 Å². The van der Waals surface area contributed by atoms with Gasteiger partial charge in [-0.05, 0) is 29.2 Å². The lowest BCUT2D eigenvalue weighted by atomic mass is 10.1. The Morgan fingerprint density at radius 1 is 1.24 bits per heavy atom. The van der Waals surface area contributed by atoms with Gasteiger partial charge in [-0.25, -0.2) is 5.43 Å². The molecule has 1 heterocycles. The van der Waals surface area contributed by atoms with Crippen LogP contribution in [0, 0.1) is 6.92 Å². The van der Waals surface area contributed by atoms with E-state index in [1.807, 2.05) is 42.5 Å². The number of aromatic nitrogens is 2. The lowest BCUT2D eigenvalue weighted by Crippen LogP contribution is -2.17. The van der Waals surface area contributed by atoms with Gasteiger partial charge in [-0.15, -0.1) is 5.10 Å². The molecule has 0 radical (unpaired) electrons. The molecule has 0 spiro atoms. The highest BCUT2D eigenvalue weighted by Crippen LogP contribution is 2.16. The summed E-state index contributed by atoms with van der Waals surface area (Å²) in [4.78, 5) is 12.4. The standard InChI is InChI=1S/C15H12N4OS/c1-10-14(21-19-17-10)15(20)18-16-9-12-7-4-6-11-5-2-3-8-13(11)12/h2-9H,1H3,(H,18,20)/b16-9-. The SMILES string of the molecule is Cc1nnsc1C(=O)N/N=C\c1cccc2ccccc12. The van der Waals surface area contributed by atoms with Gasteiger partial charge in [-0.2, -0.15) is 5.10 Å². The lowest BCUT2D eigenvalue weighted by Gasteiger charge is -2.01. The zero-order valence-corrected chi connectivity index (χ0v) is 12.1. The molecule has 0 bridgehead atoms. The summed E-state index contributed by atoms with van der Waals surface area (Å²) < 4.78 is 3.73. The molecule has 0 fully saturated rings. The number of carbonyl (C=O) groups is 1. The van der Waals surface area contributed by atoms with E-state index < -0.39 is 0 Å². The highest BCUT2D eigenvalue weighted by Gasteiger charge is 2.11. The Kier molecular flexibility index (Phi) is 3.70. The molecule has 3 aromatic rings. The third-order valence-electron chi connectivity index (χ3n) is 3.05. The van der Waals surface area contributed by atoms with E-state index in [2.05, 4.69) is 20.1 Å². The molecule has 6 heteroatoms. The molecule has 0 aliphatic carbocycles. The summed E-state index contributed by atoms with van der Waals surface area (Å²) in [5.41, 5.74) is 4.06. The van der Waals surface area contributed by atoms with Crippen molar-refractivity contribution in [3.63, 3.8) is 0 Å². The predicted molar refractivity (Wildman–Crippen MR) is 83.7 cm³/mol. The van der Waals surface area contributed by atoms with Gasteiger partial charge in [0.05, 0.1) is 11.9 Å². The van der Waals surface area contributed by atoms with Gasteiger partial charge in [0.2, 0.25) is 0 Å². The Hall–Kier alpha value is -2.60. The van der Waals surface area contributed by atoms with Crippen molar-refractivity contribution in [2.45, 2.75) is 6.92 Å². The van der Waals surface area contributed by atoms with Gasteiger partial charge >= 0.3 is 0 Å². The number of benzene rings is 2. The molecule has 104 valence electrons.